The molecule has 3 aromatic heterocycles. The molecule has 0 radical (unpaired) electrons. The van der Waals surface area contributed by atoms with Crippen LogP contribution in [0.3, 0.4) is 0 Å². The van der Waals surface area contributed by atoms with Crippen molar-refractivity contribution in [2.45, 2.75) is 27.3 Å². The number of aromatic nitrogens is 3. The summed E-state index contributed by atoms with van der Waals surface area (Å²) in [5.41, 5.74) is 7.28. The van der Waals surface area contributed by atoms with E-state index in [0.29, 0.717) is 5.56 Å². The van der Waals surface area contributed by atoms with Crippen LogP contribution in [0.25, 0.3) is 23.1 Å². The minimum Gasteiger partial charge on any atom is -0.361 e. The second-order valence-corrected chi connectivity index (χ2v) is 7.95. The van der Waals surface area contributed by atoms with E-state index in [-0.39, 0.29) is 0 Å². The number of benzene rings is 1. The molecule has 3 heterocycles. The number of H-pyrrole nitrogens is 1. The van der Waals surface area contributed by atoms with Gasteiger partial charge in [-0.15, -0.1) is 0 Å². The smallest absolute Gasteiger partial charge is 0.103 e. The minimum atomic E-state index is 0.494. The third-order valence-corrected chi connectivity index (χ3v) is 5.94. The normalized spacial score (nSPS) is 11.4. The Balaban J connectivity index is 1.60. The van der Waals surface area contributed by atoms with E-state index in [1.807, 2.05) is 42.7 Å². The number of nitriles is 1. The van der Waals surface area contributed by atoms with Gasteiger partial charge in [0.05, 0.1) is 16.9 Å². The number of hydrogen-bond donors (Lipinski definition) is 2. The topological polar surface area (TPSA) is 80.6 Å². The maximum Gasteiger partial charge on any atom is 0.103 e. The van der Waals surface area contributed by atoms with E-state index in [1.165, 1.54) is 5.56 Å². The molecule has 0 fully saturated rings. The molecule has 2 N–H and O–H groups in total. The fourth-order valence-electron chi connectivity index (χ4n) is 3.89. The van der Waals surface area contributed by atoms with E-state index < -0.39 is 0 Å². The Labute approximate surface area is 194 Å². The molecular formula is C27H28N6. The Kier molecular flexibility index (Phi) is 6.82. The lowest BCUT2D eigenvalue weighted by atomic mass is 10.1. The van der Waals surface area contributed by atoms with Crippen LogP contribution in [0.1, 0.15) is 41.8 Å². The first kappa shape index (κ1) is 22.3. The fourth-order valence-corrected chi connectivity index (χ4v) is 3.89. The van der Waals surface area contributed by atoms with Crippen LogP contribution in [0.15, 0.2) is 55.1 Å². The summed E-state index contributed by atoms with van der Waals surface area (Å²) in [5.74, 6) is 0. The zero-order chi connectivity index (χ0) is 23.2. The van der Waals surface area contributed by atoms with Crippen LogP contribution in [0.2, 0.25) is 0 Å². The fraction of sp³-hybridized carbons (Fsp3) is 0.222. The summed E-state index contributed by atoms with van der Waals surface area (Å²) < 4.78 is 0. The lowest BCUT2D eigenvalue weighted by molar-refractivity contribution is 0.295. The lowest BCUT2D eigenvalue weighted by Gasteiger charge is -2.17. The molecule has 0 aliphatic carbocycles. The number of anilines is 2. The standard InChI is InChI=1S/C27H28N6/c1-4-33(5-2)18-20-6-8-23(31-15-20)9-7-21-16-29-17-22(14-28)27(21)32-25-10-11-26-24(19(25)3)12-13-30-26/h6-13,15-17,30H,4-5,18H2,1-3H3,(H,29,32)/b9-7+. The number of rotatable bonds is 8. The van der Waals surface area contributed by atoms with Gasteiger partial charge in [0.2, 0.25) is 0 Å². The second-order valence-electron chi connectivity index (χ2n) is 7.95. The molecule has 0 atom stereocenters. The average molecular weight is 437 g/mol. The highest BCUT2D eigenvalue weighted by molar-refractivity contribution is 5.90. The molecule has 4 aromatic rings. The van der Waals surface area contributed by atoms with Crippen molar-refractivity contribution in [3.05, 3.63) is 83.1 Å². The molecule has 4 rings (SSSR count). The number of hydrogen-bond acceptors (Lipinski definition) is 5. The summed E-state index contributed by atoms with van der Waals surface area (Å²) in [6, 6.07) is 12.5. The predicted molar refractivity (Wildman–Crippen MR) is 135 cm³/mol. The first-order valence-electron chi connectivity index (χ1n) is 11.2. The van der Waals surface area contributed by atoms with Crippen LogP contribution in [0.4, 0.5) is 11.4 Å². The third kappa shape index (κ3) is 4.94. The van der Waals surface area contributed by atoms with E-state index in [1.54, 1.807) is 12.4 Å². The Morgan fingerprint density at radius 1 is 1.06 bits per heavy atom. The van der Waals surface area contributed by atoms with Crippen LogP contribution in [-0.4, -0.2) is 32.9 Å². The molecule has 33 heavy (non-hydrogen) atoms. The van der Waals surface area contributed by atoms with Gasteiger partial charge in [-0.2, -0.15) is 5.26 Å². The van der Waals surface area contributed by atoms with Gasteiger partial charge < -0.3 is 10.3 Å². The molecule has 0 amide bonds. The molecule has 0 aliphatic heterocycles. The molecule has 0 aliphatic rings. The quantitative estimate of drug-likeness (QED) is 0.360. The SMILES string of the molecule is CCN(CC)Cc1ccc(/C=C/c2cncc(C#N)c2Nc2ccc3[nH]ccc3c2C)nc1. The van der Waals surface area contributed by atoms with Crippen molar-refractivity contribution in [1.82, 2.24) is 19.9 Å². The number of nitrogens with one attached hydrogen (secondary N) is 2. The van der Waals surface area contributed by atoms with Gasteiger partial charge in [0, 0.05) is 53.5 Å². The zero-order valence-electron chi connectivity index (χ0n) is 19.3. The minimum absolute atomic E-state index is 0.494. The predicted octanol–water partition coefficient (Wildman–Crippen LogP) is 5.89. The highest BCUT2D eigenvalue weighted by Gasteiger charge is 2.11. The highest BCUT2D eigenvalue weighted by Crippen LogP contribution is 2.31. The Hall–Kier alpha value is -3.95. The Morgan fingerprint density at radius 2 is 1.91 bits per heavy atom. The maximum atomic E-state index is 9.68. The van der Waals surface area contributed by atoms with E-state index in [4.69, 9.17) is 0 Å². The molecule has 0 saturated heterocycles. The number of aromatic amines is 1. The molecule has 0 bridgehead atoms. The second kappa shape index (κ2) is 10.1. The summed E-state index contributed by atoms with van der Waals surface area (Å²) in [6.45, 7) is 9.35. The number of aryl methyl sites for hydroxylation is 1. The lowest BCUT2D eigenvalue weighted by Crippen LogP contribution is -2.22. The first-order valence-corrected chi connectivity index (χ1v) is 11.2. The zero-order valence-corrected chi connectivity index (χ0v) is 19.3. The van der Waals surface area contributed by atoms with Crippen LogP contribution in [0.5, 0.6) is 0 Å². The average Bonchev–Trinajstić information content (AvgIpc) is 3.34. The summed E-state index contributed by atoms with van der Waals surface area (Å²) in [4.78, 5) is 14.4. The van der Waals surface area contributed by atoms with Crippen molar-refractivity contribution in [2.75, 3.05) is 18.4 Å². The highest BCUT2D eigenvalue weighted by atomic mass is 15.1. The van der Waals surface area contributed by atoms with E-state index >= 15 is 0 Å². The number of nitrogens with zero attached hydrogens (tertiary/aromatic N) is 4. The van der Waals surface area contributed by atoms with Crippen molar-refractivity contribution in [2.24, 2.45) is 0 Å². The maximum absolute atomic E-state index is 9.68. The van der Waals surface area contributed by atoms with E-state index in [0.717, 1.165) is 58.7 Å². The molecule has 0 spiro atoms. The summed E-state index contributed by atoms with van der Waals surface area (Å²) in [7, 11) is 0. The van der Waals surface area contributed by atoms with Gasteiger partial charge >= 0.3 is 0 Å². The van der Waals surface area contributed by atoms with Crippen molar-refractivity contribution in [3.63, 3.8) is 0 Å². The van der Waals surface area contributed by atoms with Crippen molar-refractivity contribution in [3.8, 4) is 6.07 Å². The molecule has 166 valence electrons. The Bertz CT molecular complexity index is 1310. The largest absolute Gasteiger partial charge is 0.361 e. The van der Waals surface area contributed by atoms with Crippen molar-refractivity contribution >= 4 is 34.4 Å². The number of pyridine rings is 2. The molecule has 6 nitrogen and oxygen atoms in total. The van der Waals surface area contributed by atoms with Gasteiger partial charge in [-0.05, 0) is 67.6 Å². The molecule has 1 aromatic carbocycles. The first-order chi connectivity index (χ1) is 16.1. The van der Waals surface area contributed by atoms with Gasteiger partial charge in [-0.3, -0.25) is 14.9 Å². The van der Waals surface area contributed by atoms with Gasteiger partial charge in [0.1, 0.15) is 6.07 Å². The van der Waals surface area contributed by atoms with Crippen molar-refractivity contribution in [1.29, 1.82) is 5.26 Å². The van der Waals surface area contributed by atoms with Gasteiger partial charge in [-0.1, -0.05) is 19.9 Å². The van der Waals surface area contributed by atoms with Crippen LogP contribution >= 0.6 is 0 Å². The monoisotopic (exact) mass is 436 g/mol. The van der Waals surface area contributed by atoms with Crippen molar-refractivity contribution < 1.29 is 0 Å². The third-order valence-electron chi connectivity index (χ3n) is 5.94. The Morgan fingerprint density at radius 3 is 2.64 bits per heavy atom. The van der Waals surface area contributed by atoms with Gasteiger partial charge in [-0.25, -0.2) is 0 Å². The summed E-state index contributed by atoms with van der Waals surface area (Å²) in [5, 5.41) is 14.3. The van der Waals surface area contributed by atoms with Gasteiger partial charge in [0.25, 0.3) is 0 Å². The number of fused-ring (bicyclic) bond motifs is 1. The van der Waals surface area contributed by atoms with Crippen LogP contribution < -0.4 is 5.32 Å². The summed E-state index contributed by atoms with van der Waals surface area (Å²) in [6.07, 6.45) is 11.1. The van der Waals surface area contributed by atoms with Gasteiger partial charge in [0.15, 0.2) is 0 Å². The molecule has 0 unspecified atom stereocenters. The summed E-state index contributed by atoms with van der Waals surface area (Å²) >= 11 is 0. The van der Waals surface area contributed by atoms with Crippen LogP contribution in [-0.2, 0) is 6.54 Å². The molecular weight excluding hydrogens is 408 g/mol. The van der Waals surface area contributed by atoms with E-state index in [9.17, 15) is 5.26 Å². The van der Waals surface area contributed by atoms with E-state index in [2.05, 4.69) is 64.1 Å². The van der Waals surface area contributed by atoms with Crippen LogP contribution in [0, 0.1) is 18.3 Å². The molecule has 6 heteroatoms. The molecule has 0 saturated carbocycles.